The molecule has 4 heteroatoms. The van der Waals surface area contributed by atoms with E-state index in [-0.39, 0.29) is 11.7 Å². The van der Waals surface area contributed by atoms with Gasteiger partial charge in [-0.2, -0.15) is 4.99 Å². The predicted octanol–water partition coefficient (Wildman–Crippen LogP) is 2.85. The topological polar surface area (TPSA) is 58.9 Å². The lowest BCUT2D eigenvalue weighted by Crippen LogP contribution is -2.07. The third-order valence-electron chi connectivity index (χ3n) is 3.45. The van der Waals surface area contributed by atoms with Crippen LogP contribution in [0.15, 0.2) is 17.1 Å². The molecule has 0 heterocycles. The molecule has 2 rings (SSSR count). The normalized spacial score (nSPS) is 16.2. The van der Waals surface area contributed by atoms with Gasteiger partial charge in [-0.1, -0.05) is 13.8 Å². The quantitative estimate of drug-likeness (QED) is 0.657. The van der Waals surface area contributed by atoms with E-state index in [0.717, 1.165) is 24.0 Å². The van der Waals surface area contributed by atoms with Crippen LogP contribution in [0.25, 0.3) is 0 Å². The molecule has 0 atom stereocenters. The molecule has 4 nitrogen and oxygen atoms in total. The van der Waals surface area contributed by atoms with Crippen LogP contribution < -0.4 is 4.74 Å². The fraction of sp³-hybridized carbons (Fsp3) is 0.500. The molecule has 0 unspecified atom stereocenters. The van der Waals surface area contributed by atoms with Crippen LogP contribution in [-0.2, 0) is 10.3 Å². The van der Waals surface area contributed by atoms with Crippen molar-refractivity contribution in [3.05, 3.63) is 23.3 Å². The SMILES string of the molecule is COc1c(O)cc(C(C)C)cc1C1(N=C=O)CC1. The highest BCUT2D eigenvalue weighted by Crippen LogP contribution is 2.54. The molecule has 1 aliphatic rings. The Bertz CT molecular complexity index is 512. The number of ether oxygens (including phenoxy) is 1. The van der Waals surface area contributed by atoms with Crippen LogP contribution in [0.3, 0.4) is 0 Å². The summed E-state index contributed by atoms with van der Waals surface area (Å²) in [7, 11) is 1.51. The van der Waals surface area contributed by atoms with E-state index in [0.29, 0.717) is 5.75 Å². The number of isocyanates is 1. The van der Waals surface area contributed by atoms with Gasteiger partial charge in [0.2, 0.25) is 6.08 Å². The summed E-state index contributed by atoms with van der Waals surface area (Å²) in [5.74, 6) is 0.804. The van der Waals surface area contributed by atoms with Gasteiger partial charge in [0, 0.05) is 5.56 Å². The molecule has 18 heavy (non-hydrogen) atoms. The molecule has 1 aliphatic carbocycles. The number of nitrogens with zero attached hydrogens (tertiary/aromatic N) is 1. The predicted molar refractivity (Wildman–Crippen MR) is 67.8 cm³/mol. The lowest BCUT2D eigenvalue weighted by molar-refractivity contribution is 0.364. The van der Waals surface area contributed by atoms with Gasteiger partial charge in [-0.25, -0.2) is 4.79 Å². The van der Waals surface area contributed by atoms with E-state index >= 15 is 0 Å². The van der Waals surface area contributed by atoms with Gasteiger partial charge in [0.05, 0.1) is 7.11 Å². The first kappa shape index (κ1) is 12.7. The van der Waals surface area contributed by atoms with Crippen LogP contribution >= 0.6 is 0 Å². The van der Waals surface area contributed by atoms with Gasteiger partial charge in [-0.3, -0.25) is 0 Å². The van der Waals surface area contributed by atoms with E-state index in [9.17, 15) is 9.90 Å². The average molecular weight is 247 g/mol. The number of carbonyl (C=O) groups excluding carboxylic acids is 1. The second-order valence-corrected chi connectivity index (χ2v) is 5.01. The van der Waals surface area contributed by atoms with E-state index in [1.165, 1.54) is 7.11 Å². The smallest absolute Gasteiger partial charge is 0.235 e. The van der Waals surface area contributed by atoms with Crippen molar-refractivity contribution in [2.45, 2.75) is 38.1 Å². The van der Waals surface area contributed by atoms with Crippen molar-refractivity contribution in [2.24, 2.45) is 4.99 Å². The van der Waals surface area contributed by atoms with Crippen LogP contribution in [0, 0.1) is 0 Å². The Kier molecular flexibility index (Phi) is 3.14. The second kappa shape index (κ2) is 4.46. The zero-order valence-electron chi connectivity index (χ0n) is 10.9. The molecule has 0 aromatic heterocycles. The first-order valence-corrected chi connectivity index (χ1v) is 6.04. The molecular formula is C14H17NO3. The molecule has 1 aromatic carbocycles. The number of benzene rings is 1. The summed E-state index contributed by atoms with van der Waals surface area (Å²) in [6.07, 6.45) is 3.21. The highest BCUT2D eigenvalue weighted by atomic mass is 16.5. The van der Waals surface area contributed by atoms with Crippen LogP contribution in [0.2, 0.25) is 0 Å². The van der Waals surface area contributed by atoms with E-state index < -0.39 is 5.54 Å². The van der Waals surface area contributed by atoms with Gasteiger partial charge >= 0.3 is 0 Å². The molecule has 96 valence electrons. The summed E-state index contributed by atoms with van der Waals surface area (Å²) < 4.78 is 5.24. The van der Waals surface area contributed by atoms with Crippen molar-refractivity contribution >= 4 is 6.08 Å². The minimum Gasteiger partial charge on any atom is -0.504 e. The van der Waals surface area contributed by atoms with Crippen molar-refractivity contribution in [1.29, 1.82) is 0 Å². The Balaban J connectivity index is 2.60. The first-order chi connectivity index (χ1) is 8.54. The van der Waals surface area contributed by atoms with Crippen molar-refractivity contribution in [2.75, 3.05) is 7.11 Å². The van der Waals surface area contributed by atoms with Crippen LogP contribution in [0.4, 0.5) is 0 Å². The van der Waals surface area contributed by atoms with Gasteiger partial charge in [0.25, 0.3) is 0 Å². The van der Waals surface area contributed by atoms with Gasteiger partial charge in [-0.05, 0) is 36.5 Å². The fourth-order valence-corrected chi connectivity index (χ4v) is 2.18. The number of aliphatic imine (C=N–C) groups is 1. The third-order valence-corrected chi connectivity index (χ3v) is 3.45. The molecule has 0 saturated heterocycles. The largest absolute Gasteiger partial charge is 0.504 e. The zero-order valence-corrected chi connectivity index (χ0v) is 10.9. The standard InChI is InChI=1S/C14H17NO3/c1-9(2)10-6-11(13(18-3)12(17)7-10)14(4-5-14)15-8-16/h6-7,9,17H,4-5H2,1-3H3. The Morgan fingerprint density at radius 3 is 2.56 bits per heavy atom. The lowest BCUT2D eigenvalue weighted by Gasteiger charge is -2.18. The number of rotatable bonds is 4. The van der Waals surface area contributed by atoms with Crippen molar-refractivity contribution < 1.29 is 14.6 Å². The maximum Gasteiger partial charge on any atom is 0.235 e. The van der Waals surface area contributed by atoms with Gasteiger partial charge in [-0.15, -0.1) is 0 Å². The number of methoxy groups -OCH3 is 1. The first-order valence-electron chi connectivity index (χ1n) is 6.04. The summed E-state index contributed by atoms with van der Waals surface area (Å²) in [6, 6.07) is 3.67. The van der Waals surface area contributed by atoms with E-state index in [2.05, 4.69) is 4.99 Å². The molecule has 1 fully saturated rings. The zero-order chi connectivity index (χ0) is 13.3. The number of phenols is 1. The lowest BCUT2D eigenvalue weighted by atomic mass is 9.95. The molecule has 0 aliphatic heterocycles. The average Bonchev–Trinajstić information content (AvgIpc) is 3.09. The molecule has 1 saturated carbocycles. The summed E-state index contributed by atoms with van der Waals surface area (Å²) in [6.45, 7) is 4.10. The molecule has 1 N–H and O–H groups in total. The highest BCUT2D eigenvalue weighted by Gasteiger charge is 2.47. The maximum absolute atomic E-state index is 10.5. The Hall–Kier alpha value is -1.80. The number of hydrogen-bond acceptors (Lipinski definition) is 4. The molecule has 0 spiro atoms. The Morgan fingerprint density at radius 1 is 1.44 bits per heavy atom. The number of hydrogen-bond donors (Lipinski definition) is 1. The molecular weight excluding hydrogens is 230 g/mol. The summed E-state index contributed by atoms with van der Waals surface area (Å²) in [5, 5.41) is 10.0. The fourth-order valence-electron chi connectivity index (χ4n) is 2.18. The van der Waals surface area contributed by atoms with Gasteiger partial charge in [0.1, 0.15) is 5.54 Å². The monoisotopic (exact) mass is 247 g/mol. The molecule has 1 aromatic rings. The summed E-state index contributed by atoms with van der Waals surface area (Å²) >= 11 is 0. The van der Waals surface area contributed by atoms with Gasteiger partial charge < -0.3 is 9.84 Å². The van der Waals surface area contributed by atoms with Crippen molar-refractivity contribution in [1.82, 2.24) is 0 Å². The number of aromatic hydroxyl groups is 1. The molecule has 0 radical (unpaired) electrons. The summed E-state index contributed by atoms with van der Waals surface area (Å²) in [5.41, 5.74) is 1.27. The highest BCUT2D eigenvalue weighted by molar-refractivity contribution is 5.55. The third kappa shape index (κ3) is 2.00. The van der Waals surface area contributed by atoms with Crippen LogP contribution in [-0.4, -0.2) is 18.3 Å². The van der Waals surface area contributed by atoms with Crippen molar-refractivity contribution in [3.8, 4) is 11.5 Å². The van der Waals surface area contributed by atoms with Crippen LogP contribution in [0.5, 0.6) is 11.5 Å². The minimum atomic E-state index is -0.532. The number of phenolic OH excluding ortho intramolecular Hbond substituents is 1. The van der Waals surface area contributed by atoms with E-state index in [4.69, 9.17) is 4.74 Å². The minimum absolute atomic E-state index is 0.103. The van der Waals surface area contributed by atoms with Crippen LogP contribution in [0.1, 0.15) is 43.7 Å². The molecule has 0 amide bonds. The Morgan fingerprint density at radius 2 is 2.11 bits per heavy atom. The Labute approximate surface area is 106 Å². The van der Waals surface area contributed by atoms with Gasteiger partial charge in [0.15, 0.2) is 11.5 Å². The van der Waals surface area contributed by atoms with Crippen molar-refractivity contribution in [3.63, 3.8) is 0 Å². The molecule has 0 bridgehead atoms. The van der Waals surface area contributed by atoms with E-state index in [1.54, 1.807) is 12.1 Å². The maximum atomic E-state index is 10.5. The second-order valence-electron chi connectivity index (χ2n) is 5.01. The summed E-state index contributed by atoms with van der Waals surface area (Å²) in [4.78, 5) is 14.4. The van der Waals surface area contributed by atoms with E-state index in [1.807, 2.05) is 19.9 Å².